The zero-order chi connectivity index (χ0) is 23.9. The van der Waals surface area contributed by atoms with E-state index in [0.717, 1.165) is 43.8 Å². The van der Waals surface area contributed by atoms with Gasteiger partial charge in [-0.25, -0.2) is 0 Å². The molecule has 0 spiro atoms. The predicted octanol–water partition coefficient (Wildman–Crippen LogP) is 3.84. The lowest BCUT2D eigenvalue weighted by Gasteiger charge is -2.17. The van der Waals surface area contributed by atoms with E-state index in [2.05, 4.69) is 70.8 Å². The maximum atomic E-state index is 11.7. The monoisotopic (exact) mass is 477 g/mol. The molecule has 1 atom stereocenters. The number of aromatic nitrogens is 1. The van der Waals surface area contributed by atoms with Crippen molar-refractivity contribution in [3.63, 3.8) is 0 Å². The molecule has 4 N–H and O–H groups in total. The van der Waals surface area contributed by atoms with Crippen molar-refractivity contribution in [2.45, 2.75) is 25.5 Å². The summed E-state index contributed by atoms with van der Waals surface area (Å²) in [5, 5.41) is 23.9. The number of likely N-dealkylation sites (N-methyl/N-ethyl adjacent to an activating group) is 1. The van der Waals surface area contributed by atoms with E-state index in [1.165, 1.54) is 22.8 Å². The van der Waals surface area contributed by atoms with Gasteiger partial charge in [0.1, 0.15) is 11.3 Å². The van der Waals surface area contributed by atoms with Gasteiger partial charge in [-0.15, -0.1) is 0 Å². The lowest BCUT2D eigenvalue weighted by Crippen LogP contribution is -2.24. The third-order valence-corrected chi connectivity index (χ3v) is 6.88. The first kappa shape index (κ1) is 24.2. The topological polar surface area (TPSA) is 88.6 Å². The molecule has 4 rings (SSSR count). The van der Waals surface area contributed by atoms with Crippen LogP contribution in [0.3, 0.4) is 0 Å². The minimum absolute atomic E-state index is 0.0165. The van der Waals surface area contributed by atoms with Crippen molar-refractivity contribution in [3.8, 4) is 5.75 Å². The van der Waals surface area contributed by atoms with Crippen molar-refractivity contribution in [1.29, 1.82) is 0 Å². The fourth-order valence-electron chi connectivity index (χ4n) is 4.12. The van der Waals surface area contributed by atoms with Crippen LogP contribution in [-0.4, -0.2) is 46.8 Å². The van der Waals surface area contributed by atoms with E-state index in [1.807, 2.05) is 6.07 Å². The summed E-state index contributed by atoms with van der Waals surface area (Å²) in [6.07, 6.45) is 1.13. The Bertz CT molecular complexity index is 1270. The van der Waals surface area contributed by atoms with Crippen molar-refractivity contribution >= 4 is 21.6 Å². The Labute approximate surface area is 203 Å². The van der Waals surface area contributed by atoms with Crippen LogP contribution in [0, 0.1) is 0 Å². The van der Waals surface area contributed by atoms with E-state index in [-0.39, 0.29) is 10.6 Å². The minimum atomic E-state index is -0.765. The summed E-state index contributed by atoms with van der Waals surface area (Å²) < 4.78 is 0.600. The second-order valence-electron chi connectivity index (χ2n) is 8.66. The predicted molar refractivity (Wildman–Crippen MR) is 139 cm³/mol. The third-order valence-electron chi connectivity index (χ3n) is 5.94. The molecular formula is C27H31N3O3S. The summed E-state index contributed by atoms with van der Waals surface area (Å²) in [4.78, 5) is 16.4. The SMILES string of the molecule is CN(CCc1ccccc1)Cc1cccc(CCNCC(O)c2ccc(O)c3[nH]c(=O)sc23)c1. The van der Waals surface area contributed by atoms with Gasteiger partial charge in [0.15, 0.2) is 0 Å². The van der Waals surface area contributed by atoms with E-state index >= 15 is 0 Å². The fraction of sp³-hybridized carbons (Fsp3) is 0.296. The molecule has 0 aliphatic carbocycles. The first-order chi connectivity index (χ1) is 16.5. The molecular weight excluding hydrogens is 446 g/mol. The van der Waals surface area contributed by atoms with Crippen LogP contribution in [0.4, 0.5) is 0 Å². The number of benzene rings is 3. The van der Waals surface area contributed by atoms with E-state index in [4.69, 9.17) is 0 Å². The van der Waals surface area contributed by atoms with Crippen LogP contribution in [0.25, 0.3) is 10.2 Å². The van der Waals surface area contributed by atoms with Crippen molar-refractivity contribution < 1.29 is 10.2 Å². The van der Waals surface area contributed by atoms with Crippen LogP contribution in [0.1, 0.15) is 28.4 Å². The van der Waals surface area contributed by atoms with Gasteiger partial charge in [0.2, 0.25) is 0 Å². The van der Waals surface area contributed by atoms with Gasteiger partial charge in [-0.05, 0) is 49.2 Å². The molecule has 0 saturated heterocycles. The number of aliphatic hydroxyl groups is 1. The zero-order valence-electron chi connectivity index (χ0n) is 19.3. The van der Waals surface area contributed by atoms with E-state index in [0.29, 0.717) is 22.3 Å². The lowest BCUT2D eigenvalue weighted by molar-refractivity contribution is 0.176. The molecule has 4 aromatic rings. The molecule has 1 unspecified atom stereocenters. The van der Waals surface area contributed by atoms with Gasteiger partial charge in [0, 0.05) is 25.2 Å². The van der Waals surface area contributed by atoms with Crippen LogP contribution in [0.15, 0.2) is 71.5 Å². The normalized spacial score (nSPS) is 12.4. The molecule has 3 aromatic carbocycles. The Morgan fingerprint density at radius 1 is 1.00 bits per heavy atom. The Hall–Kier alpha value is -2.97. The minimum Gasteiger partial charge on any atom is -0.506 e. The number of thiazole rings is 1. The number of fused-ring (bicyclic) bond motifs is 1. The summed E-state index contributed by atoms with van der Waals surface area (Å²) in [5.74, 6) is 0.0165. The van der Waals surface area contributed by atoms with Gasteiger partial charge in [0.05, 0.1) is 10.8 Å². The van der Waals surface area contributed by atoms with Gasteiger partial charge in [-0.1, -0.05) is 72.0 Å². The van der Waals surface area contributed by atoms with Crippen LogP contribution >= 0.6 is 11.3 Å². The van der Waals surface area contributed by atoms with Gasteiger partial charge >= 0.3 is 4.87 Å². The lowest BCUT2D eigenvalue weighted by atomic mass is 10.1. The van der Waals surface area contributed by atoms with Gasteiger partial charge in [0.25, 0.3) is 0 Å². The van der Waals surface area contributed by atoms with E-state index in [9.17, 15) is 15.0 Å². The summed E-state index contributed by atoms with van der Waals surface area (Å²) >= 11 is 1.00. The smallest absolute Gasteiger partial charge is 0.305 e. The maximum Gasteiger partial charge on any atom is 0.305 e. The highest BCUT2D eigenvalue weighted by Crippen LogP contribution is 2.31. The summed E-state index contributed by atoms with van der Waals surface area (Å²) in [5.41, 5.74) is 4.94. The van der Waals surface area contributed by atoms with Crippen LogP contribution in [0.2, 0.25) is 0 Å². The van der Waals surface area contributed by atoms with E-state index in [1.54, 1.807) is 6.07 Å². The highest BCUT2D eigenvalue weighted by atomic mass is 32.1. The molecule has 0 amide bonds. The number of hydrogen-bond donors (Lipinski definition) is 4. The highest BCUT2D eigenvalue weighted by molar-refractivity contribution is 7.16. The molecule has 0 saturated carbocycles. The van der Waals surface area contributed by atoms with Crippen LogP contribution < -0.4 is 10.2 Å². The number of nitrogens with one attached hydrogen (secondary N) is 2. The summed E-state index contributed by atoms with van der Waals surface area (Å²) in [6.45, 7) is 3.01. The van der Waals surface area contributed by atoms with Gasteiger partial charge in [-0.3, -0.25) is 4.79 Å². The number of nitrogens with zero attached hydrogens (tertiary/aromatic N) is 1. The summed E-state index contributed by atoms with van der Waals surface area (Å²) in [7, 11) is 2.15. The van der Waals surface area contributed by atoms with Crippen molar-refractivity contribution in [2.24, 2.45) is 0 Å². The molecule has 0 bridgehead atoms. The van der Waals surface area contributed by atoms with Crippen molar-refractivity contribution in [2.75, 3.05) is 26.7 Å². The Balaban J connectivity index is 1.25. The molecule has 34 heavy (non-hydrogen) atoms. The van der Waals surface area contributed by atoms with Gasteiger partial charge < -0.3 is 25.4 Å². The highest BCUT2D eigenvalue weighted by Gasteiger charge is 2.16. The number of phenols is 1. The van der Waals surface area contributed by atoms with Crippen LogP contribution in [-0.2, 0) is 19.4 Å². The number of aromatic amines is 1. The molecule has 0 aliphatic rings. The molecule has 1 heterocycles. The second kappa shape index (κ2) is 11.4. The first-order valence-corrected chi connectivity index (χ1v) is 12.3. The van der Waals surface area contributed by atoms with E-state index < -0.39 is 6.10 Å². The first-order valence-electron chi connectivity index (χ1n) is 11.5. The second-order valence-corrected chi connectivity index (χ2v) is 9.64. The number of phenolic OH excluding ortho intramolecular Hbond substituents is 1. The van der Waals surface area contributed by atoms with Gasteiger partial charge in [-0.2, -0.15) is 0 Å². The molecule has 0 aliphatic heterocycles. The largest absolute Gasteiger partial charge is 0.506 e. The average molecular weight is 478 g/mol. The number of H-pyrrole nitrogens is 1. The number of aliphatic hydroxyl groups excluding tert-OH is 1. The average Bonchev–Trinajstić information content (AvgIpc) is 3.24. The van der Waals surface area contributed by atoms with Crippen molar-refractivity contribution in [3.05, 3.63) is 98.7 Å². The molecule has 6 nitrogen and oxygen atoms in total. The number of hydrogen-bond acceptors (Lipinski definition) is 6. The molecule has 178 valence electrons. The standard InChI is InChI=1S/C27H31N3O3S/c1-30(15-13-19-6-3-2-4-7-19)18-21-9-5-8-20(16-21)12-14-28-17-24(32)22-10-11-23(31)25-26(22)34-27(33)29-25/h2-11,16,24,28,31-32H,12-15,17-18H2,1H3,(H,29,33). The maximum absolute atomic E-state index is 11.7. The molecule has 0 fully saturated rings. The molecule has 1 aromatic heterocycles. The Morgan fingerprint density at radius 2 is 1.76 bits per heavy atom. The van der Waals surface area contributed by atoms with Crippen molar-refractivity contribution in [1.82, 2.24) is 15.2 Å². The molecule has 7 heteroatoms. The zero-order valence-corrected chi connectivity index (χ0v) is 20.1. The molecule has 0 radical (unpaired) electrons. The fourth-order valence-corrected chi connectivity index (χ4v) is 5.04. The Morgan fingerprint density at radius 3 is 2.59 bits per heavy atom. The summed E-state index contributed by atoms with van der Waals surface area (Å²) in [6, 6.07) is 22.4. The third kappa shape index (κ3) is 6.33. The number of aromatic hydroxyl groups is 1. The van der Waals surface area contributed by atoms with Crippen LogP contribution in [0.5, 0.6) is 5.75 Å². The quantitative estimate of drug-likeness (QED) is 0.247. The Kier molecular flexibility index (Phi) is 8.13. The number of rotatable bonds is 11.